The summed E-state index contributed by atoms with van der Waals surface area (Å²) in [6, 6.07) is 4.62. The summed E-state index contributed by atoms with van der Waals surface area (Å²) in [5.74, 6) is -0.966. The molecule has 0 bridgehead atoms. The Labute approximate surface area is 215 Å². The topological polar surface area (TPSA) is 158 Å². The fourth-order valence-corrected chi connectivity index (χ4v) is 4.93. The van der Waals surface area contributed by atoms with E-state index < -0.39 is 23.1 Å². The minimum Gasteiger partial charge on any atom is -0.503 e. The SMILES string of the molecule is COc1cc(-c2nn[nH]n2)cc(NC2=CC(=O)C3(Oc4c(Cl)c(OC)cc(OC)c4C3=O)C(C)C2)c1O. The Morgan fingerprint density at radius 2 is 1.86 bits per heavy atom. The molecule has 3 N–H and O–H groups in total. The highest BCUT2D eigenvalue weighted by atomic mass is 35.5. The number of ketones is 2. The van der Waals surface area contributed by atoms with Crippen LogP contribution in [-0.4, -0.2) is 64.2 Å². The number of rotatable bonds is 6. The highest BCUT2D eigenvalue weighted by Gasteiger charge is 2.60. The summed E-state index contributed by atoms with van der Waals surface area (Å²) in [6.45, 7) is 1.73. The molecule has 12 nitrogen and oxygen atoms in total. The highest BCUT2D eigenvalue weighted by molar-refractivity contribution is 6.36. The number of aromatic amines is 1. The molecule has 3 aromatic rings. The van der Waals surface area contributed by atoms with Gasteiger partial charge in [-0.3, -0.25) is 9.59 Å². The third-order valence-electron chi connectivity index (χ3n) is 6.50. The summed E-state index contributed by atoms with van der Waals surface area (Å²) in [5.41, 5.74) is -0.512. The second kappa shape index (κ2) is 8.96. The van der Waals surface area contributed by atoms with Gasteiger partial charge in [0.2, 0.25) is 23.0 Å². The van der Waals surface area contributed by atoms with Gasteiger partial charge in [0, 0.05) is 29.3 Å². The average Bonchev–Trinajstić information content (AvgIpc) is 3.52. The van der Waals surface area contributed by atoms with Crippen molar-refractivity contribution in [2.45, 2.75) is 18.9 Å². The van der Waals surface area contributed by atoms with Crippen LogP contribution in [0.3, 0.4) is 0 Å². The molecular weight excluding hydrogens is 506 g/mol. The van der Waals surface area contributed by atoms with Crippen molar-refractivity contribution in [2.75, 3.05) is 26.6 Å². The number of anilines is 1. The normalized spacial score (nSPS) is 20.4. The van der Waals surface area contributed by atoms with Crippen LogP contribution >= 0.6 is 11.6 Å². The number of carbonyl (C=O) groups excluding carboxylic acids is 2. The number of nitrogens with one attached hydrogen (secondary N) is 2. The number of phenols is 1. The van der Waals surface area contributed by atoms with Crippen LogP contribution in [0.25, 0.3) is 11.4 Å². The van der Waals surface area contributed by atoms with E-state index in [1.54, 1.807) is 19.1 Å². The Balaban J connectivity index is 1.51. The molecule has 2 atom stereocenters. The van der Waals surface area contributed by atoms with Gasteiger partial charge >= 0.3 is 0 Å². The van der Waals surface area contributed by atoms with Gasteiger partial charge in [-0.25, -0.2) is 0 Å². The number of fused-ring (bicyclic) bond motifs is 1. The molecule has 13 heteroatoms. The summed E-state index contributed by atoms with van der Waals surface area (Å²) in [5, 5.41) is 27.7. The lowest BCUT2D eigenvalue weighted by molar-refractivity contribution is -0.129. The zero-order valence-electron chi connectivity index (χ0n) is 20.2. The van der Waals surface area contributed by atoms with E-state index >= 15 is 0 Å². The van der Waals surface area contributed by atoms with Gasteiger partial charge in [-0.15, -0.1) is 10.2 Å². The minimum absolute atomic E-state index is 0.0445. The first-order valence-electron chi connectivity index (χ1n) is 11.1. The average molecular weight is 528 g/mol. The van der Waals surface area contributed by atoms with E-state index in [2.05, 4.69) is 25.9 Å². The number of H-pyrrole nitrogens is 1. The maximum atomic E-state index is 13.7. The minimum atomic E-state index is -1.82. The summed E-state index contributed by atoms with van der Waals surface area (Å²) in [4.78, 5) is 27.2. The molecule has 2 aliphatic rings. The van der Waals surface area contributed by atoms with Gasteiger partial charge in [-0.05, 0) is 23.8 Å². The second-order valence-electron chi connectivity index (χ2n) is 8.54. The van der Waals surface area contributed by atoms with E-state index in [0.29, 0.717) is 11.3 Å². The number of methoxy groups -OCH3 is 3. The number of hydrogen-bond acceptors (Lipinski definition) is 11. The van der Waals surface area contributed by atoms with Crippen molar-refractivity contribution in [1.82, 2.24) is 20.6 Å². The summed E-state index contributed by atoms with van der Waals surface area (Å²) in [6.07, 6.45) is 1.52. The number of tetrazole rings is 1. The van der Waals surface area contributed by atoms with Crippen molar-refractivity contribution in [2.24, 2.45) is 5.92 Å². The Hall–Kier alpha value is -4.32. The van der Waals surface area contributed by atoms with Gasteiger partial charge in [0.1, 0.15) is 22.1 Å². The van der Waals surface area contributed by atoms with Crippen LogP contribution in [-0.2, 0) is 4.79 Å². The number of allylic oxidation sites excluding steroid dienone is 1. The first kappa shape index (κ1) is 24.4. The summed E-state index contributed by atoms with van der Waals surface area (Å²) >= 11 is 6.43. The number of nitrogens with zero attached hydrogens (tertiary/aromatic N) is 3. The lowest BCUT2D eigenvalue weighted by atomic mass is 9.74. The third-order valence-corrected chi connectivity index (χ3v) is 6.86. The molecular formula is C24H22ClN5O7. The number of hydrogen-bond donors (Lipinski definition) is 3. The van der Waals surface area contributed by atoms with Crippen molar-refractivity contribution in [1.29, 1.82) is 0 Å². The standard InChI is InChI=1S/C24H22ClN5O7/c1-10-5-12(26-13-6-11(23-27-29-30-28-23)7-16(36-4)20(13)32)8-17(31)24(10)22(33)18-14(34-2)9-15(35-3)19(25)21(18)37-24/h6-10,26,32H,5H2,1-4H3,(H,27,28,29,30). The molecule has 5 rings (SSSR count). The molecule has 0 radical (unpaired) electrons. The number of Topliss-reactive ketones (excluding diaryl/α,β-unsaturated/α-hetero) is 1. The van der Waals surface area contributed by atoms with Crippen LogP contribution in [0.1, 0.15) is 23.7 Å². The van der Waals surface area contributed by atoms with Crippen LogP contribution < -0.4 is 24.3 Å². The van der Waals surface area contributed by atoms with Crippen molar-refractivity contribution in [3.8, 4) is 40.1 Å². The molecule has 0 saturated heterocycles. The summed E-state index contributed by atoms with van der Waals surface area (Å²) < 4.78 is 22.0. The maximum absolute atomic E-state index is 13.7. The van der Waals surface area contributed by atoms with Crippen LogP contribution in [0.15, 0.2) is 30.0 Å². The van der Waals surface area contributed by atoms with Crippen molar-refractivity contribution < 1.29 is 33.6 Å². The third kappa shape index (κ3) is 3.63. The number of aromatic nitrogens is 4. The van der Waals surface area contributed by atoms with Crippen LogP contribution in [0, 0.1) is 5.92 Å². The molecule has 0 amide bonds. The van der Waals surface area contributed by atoms with E-state index in [1.165, 1.54) is 33.5 Å². The van der Waals surface area contributed by atoms with Gasteiger partial charge in [0.05, 0.1) is 27.0 Å². The molecule has 1 spiro atoms. The first-order chi connectivity index (χ1) is 17.7. The molecule has 2 aromatic carbocycles. The molecule has 192 valence electrons. The molecule has 1 aliphatic carbocycles. The van der Waals surface area contributed by atoms with Crippen molar-refractivity contribution >= 4 is 28.9 Å². The van der Waals surface area contributed by atoms with Crippen LogP contribution in [0.5, 0.6) is 28.7 Å². The largest absolute Gasteiger partial charge is 0.503 e. The Morgan fingerprint density at radius 1 is 1.14 bits per heavy atom. The Kier molecular flexibility index (Phi) is 5.91. The molecule has 2 unspecified atom stereocenters. The Bertz CT molecular complexity index is 1460. The number of benzene rings is 2. The lowest BCUT2D eigenvalue weighted by Crippen LogP contribution is -2.55. The smallest absolute Gasteiger partial charge is 0.236 e. The number of ether oxygens (including phenoxy) is 4. The molecule has 0 saturated carbocycles. The van der Waals surface area contributed by atoms with Gasteiger partial charge in [0.25, 0.3) is 0 Å². The monoisotopic (exact) mass is 527 g/mol. The fourth-order valence-electron chi connectivity index (χ4n) is 4.66. The molecule has 1 aliphatic heterocycles. The zero-order valence-corrected chi connectivity index (χ0v) is 21.0. The second-order valence-corrected chi connectivity index (χ2v) is 8.92. The predicted octanol–water partition coefficient (Wildman–Crippen LogP) is 3.17. The first-order valence-corrected chi connectivity index (χ1v) is 11.5. The quantitative estimate of drug-likeness (QED) is 0.319. The number of aromatic hydroxyl groups is 1. The fraction of sp³-hybridized carbons (Fsp3) is 0.292. The highest BCUT2D eigenvalue weighted by Crippen LogP contribution is 2.53. The number of carbonyl (C=O) groups is 2. The van der Waals surface area contributed by atoms with Crippen LogP contribution in [0.4, 0.5) is 5.69 Å². The predicted molar refractivity (Wildman–Crippen MR) is 131 cm³/mol. The van der Waals surface area contributed by atoms with Gasteiger partial charge in [0.15, 0.2) is 17.2 Å². The van der Waals surface area contributed by atoms with Gasteiger partial charge in [-0.1, -0.05) is 18.5 Å². The molecule has 37 heavy (non-hydrogen) atoms. The molecule has 0 fully saturated rings. The summed E-state index contributed by atoms with van der Waals surface area (Å²) in [7, 11) is 4.23. The molecule has 1 aromatic heterocycles. The van der Waals surface area contributed by atoms with Crippen LogP contribution in [0.2, 0.25) is 5.02 Å². The maximum Gasteiger partial charge on any atom is 0.236 e. The van der Waals surface area contributed by atoms with Crippen molar-refractivity contribution in [3.63, 3.8) is 0 Å². The van der Waals surface area contributed by atoms with Gasteiger partial charge < -0.3 is 29.4 Å². The number of phenolic OH excluding ortho intramolecular Hbond substituents is 1. The van der Waals surface area contributed by atoms with Gasteiger partial charge in [-0.2, -0.15) is 5.21 Å². The zero-order chi connectivity index (χ0) is 26.5. The van der Waals surface area contributed by atoms with E-state index in [-0.39, 0.29) is 57.3 Å². The van der Waals surface area contributed by atoms with Crippen molar-refractivity contribution in [3.05, 3.63) is 40.6 Å². The van der Waals surface area contributed by atoms with E-state index in [1.807, 2.05) is 0 Å². The molecule has 2 heterocycles. The van der Waals surface area contributed by atoms with E-state index in [0.717, 1.165) is 0 Å². The Morgan fingerprint density at radius 3 is 2.49 bits per heavy atom. The van der Waals surface area contributed by atoms with E-state index in [9.17, 15) is 14.7 Å². The lowest BCUT2D eigenvalue weighted by Gasteiger charge is -2.35. The van der Waals surface area contributed by atoms with E-state index in [4.69, 9.17) is 30.5 Å². The number of halogens is 1.